The summed E-state index contributed by atoms with van der Waals surface area (Å²) >= 11 is 0. The highest BCUT2D eigenvalue weighted by Crippen LogP contribution is 2.29. The van der Waals surface area contributed by atoms with E-state index in [1.165, 1.54) is 71.5 Å². The number of carbonyl (C=O) groups is 1. The summed E-state index contributed by atoms with van der Waals surface area (Å²) in [6.07, 6.45) is 9.49. The van der Waals surface area contributed by atoms with Gasteiger partial charge in [-0.25, -0.2) is 47.2 Å². The molecule has 21 nitrogen and oxygen atoms in total. The van der Waals surface area contributed by atoms with Crippen molar-refractivity contribution in [3.8, 4) is 39.6 Å². The van der Waals surface area contributed by atoms with Crippen LogP contribution in [0.2, 0.25) is 0 Å². The van der Waals surface area contributed by atoms with E-state index < -0.39 is 11.6 Å². The van der Waals surface area contributed by atoms with Crippen LogP contribution in [0, 0.1) is 78.7 Å². The quantitative estimate of drug-likeness (QED) is 0.123. The van der Waals surface area contributed by atoms with Crippen LogP contribution in [0.15, 0.2) is 166 Å². The fourth-order valence-corrected chi connectivity index (χ4v) is 11.6. The number of nitrogens with zero attached hydrogens (tertiary/aromatic N) is 15. The molecule has 25 heteroatoms. The van der Waals surface area contributed by atoms with E-state index in [4.69, 9.17) is 4.74 Å². The van der Waals surface area contributed by atoms with Gasteiger partial charge in [-0.3, -0.25) is 42.2 Å². The molecule has 0 spiro atoms. The first-order chi connectivity index (χ1) is 44.9. The smallest absolute Gasteiger partial charge is 0.258 e. The Labute approximate surface area is 537 Å². The monoisotopic (exact) mass is 1280 g/mol. The number of fused-ring (bicyclic) bond motifs is 1. The molecular weight excluding hydrogens is 1210 g/mol. The molecule has 94 heavy (non-hydrogen) atoms. The van der Waals surface area contributed by atoms with E-state index in [9.17, 15) is 41.5 Å². The van der Waals surface area contributed by atoms with Crippen molar-refractivity contribution < 1.29 is 27.1 Å². The summed E-state index contributed by atoms with van der Waals surface area (Å²) in [4.78, 5) is 86.8. The second kappa shape index (κ2) is 28.3. The number of amides is 1. The van der Waals surface area contributed by atoms with Crippen LogP contribution >= 0.6 is 0 Å². The van der Waals surface area contributed by atoms with Crippen LogP contribution in [0.1, 0.15) is 59.4 Å². The highest BCUT2D eigenvalue weighted by atomic mass is 19.1. The molecule has 2 aliphatic rings. The Balaban J connectivity index is 0.000000137. The molecule has 13 rings (SSSR count). The lowest BCUT2D eigenvalue weighted by molar-refractivity contribution is -0.129. The molecule has 1 amide bonds. The fourth-order valence-electron chi connectivity index (χ4n) is 11.6. The van der Waals surface area contributed by atoms with Gasteiger partial charge < -0.3 is 23.8 Å². The number of imidazole rings is 1. The van der Waals surface area contributed by atoms with Gasteiger partial charge in [0, 0.05) is 148 Å². The SMILES string of the molecule is CC(=O)N1CCN(c2ccc(-n3c(C)nc(C)cc3=O)cc2F)CC1.COC1CCN(c2ccc(-n3c(C)nc(C)cc3=O)cc2F)C1.Cc1cc(=O)n(-c2ccc(-c3ccc4cncn4c3)c(F)c2)c(C)n1.Cc1cc(=O)n(-c2ccc(-n3cccn3)c(F)c2)c(C)n1. The number of anilines is 2. The number of carbonyl (C=O) groups excluding carboxylic acids is 1. The first-order valence-corrected chi connectivity index (χ1v) is 30.1. The summed E-state index contributed by atoms with van der Waals surface area (Å²) in [7, 11) is 1.67. The maximum atomic E-state index is 14.7. The molecular formula is C69H69F4N15O6. The van der Waals surface area contributed by atoms with Crippen molar-refractivity contribution in [2.24, 2.45) is 0 Å². The number of aryl methyl sites for hydroxylation is 8. The molecule has 9 heterocycles. The Morgan fingerprint density at radius 2 is 0.947 bits per heavy atom. The zero-order valence-corrected chi connectivity index (χ0v) is 53.6. The Kier molecular flexibility index (Phi) is 19.9. The Morgan fingerprint density at radius 1 is 0.511 bits per heavy atom. The molecule has 484 valence electrons. The third-order valence-electron chi connectivity index (χ3n) is 16.0. The van der Waals surface area contributed by atoms with Gasteiger partial charge in [0.05, 0.1) is 58.3 Å². The summed E-state index contributed by atoms with van der Waals surface area (Å²) in [5, 5.41) is 3.99. The van der Waals surface area contributed by atoms with E-state index >= 15 is 0 Å². The highest BCUT2D eigenvalue weighted by Gasteiger charge is 2.26. The largest absolute Gasteiger partial charge is 0.380 e. The van der Waals surface area contributed by atoms with Crippen LogP contribution in [0.4, 0.5) is 28.9 Å². The summed E-state index contributed by atoms with van der Waals surface area (Å²) in [6, 6.07) is 30.1. The minimum atomic E-state index is -0.455. The van der Waals surface area contributed by atoms with Crippen molar-refractivity contribution in [2.45, 2.75) is 74.8 Å². The maximum Gasteiger partial charge on any atom is 0.258 e. The van der Waals surface area contributed by atoms with Gasteiger partial charge in [0.2, 0.25) is 5.91 Å². The van der Waals surface area contributed by atoms with Crippen LogP contribution in [0.3, 0.4) is 0 Å². The van der Waals surface area contributed by atoms with E-state index in [-0.39, 0.29) is 45.9 Å². The van der Waals surface area contributed by atoms with Gasteiger partial charge >= 0.3 is 0 Å². The number of ether oxygens (including phenoxy) is 1. The van der Waals surface area contributed by atoms with E-state index in [2.05, 4.69) is 30.0 Å². The molecule has 2 saturated heterocycles. The minimum Gasteiger partial charge on any atom is -0.380 e. The maximum absolute atomic E-state index is 14.7. The Morgan fingerprint density at radius 3 is 1.34 bits per heavy atom. The summed E-state index contributed by atoms with van der Waals surface area (Å²) in [5.74, 6) is 0.564. The second-order valence-electron chi connectivity index (χ2n) is 22.7. The Hall–Kier alpha value is -11.0. The zero-order chi connectivity index (χ0) is 67.2. The predicted octanol–water partition coefficient (Wildman–Crippen LogP) is 9.35. The molecule has 0 N–H and O–H groups in total. The number of halogens is 4. The second-order valence-corrected chi connectivity index (χ2v) is 22.7. The molecule has 1 unspecified atom stereocenters. The summed E-state index contributed by atoms with van der Waals surface area (Å²) in [6.45, 7) is 19.3. The number of pyridine rings is 1. The van der Waals surface area contributed by atoms with Gasteiger partial charge in [-0.05, 0) is 129 Å². The summed E-state index contributed by atoms with van der Waals surface area (Å²) < 4.78 is 72.4. The molecule has 0 aliphatic carbocycles. The first-order valence-electron chi connectivity index (χ1n) is 30.1. The van der Waals surface area contributed by atoms with Crippen molar-refractivity contribution in [3.05, 3.63) is 257 Å². The van der Waals surface area contributed by atoms with Crippen molar-refractivity contribution >= 4 is 22.8 Å². The molecule has 0 bridgehead atoms. The van der Waals surface area contributed by atoms with E-state index in [0.717, 1.165) is 24.0 Å². The van der Waals surface area contributed by atoms with Crippen LogP contribution in [0.5, 0.6) is 0 Å². The number of piperazine rings is 1. The van der Waals surface area contributed by atoms with Gasteiger partial charge in [0.15, 0.2) is 5.82 Å². The average molecular weight is 1280 g/mol. The number of rotatable bonds is 9. The average Bonchev–Trinajstić information content (AvgIpc) is 1.01. The molecule has 7 aromatic heterocycles. The van der Waals surface area contributed by atoms with Gasteiger partial charge in [-0.1, -0.05) is 6.07 Å². The van der Waals surface area contributed by atoms with Crippen LogP contribution in [0.25, 0.3) is 45.1 Å². The third kappa shape index (κ3) is 14.7. The number of aromatic nitrogens is 12. The molecule has 1 atom stereocenters. The fraction of sp³-hybridized carbons (Fsp3) is 0.261. The van der Waals surface area contributed by atoms with Gasteiger partial charge in [0.25, 0.3) is 22.2 Å². The van der Waals surface area contributed by atoms with Crippen molar-refractivity contribution in [1.29, 1.82) is 0 Å². The summed E-state index contributed by atoms with van der Waals surface area (Å²) in [5.41, 5.74) is 7.03. The van der Waals surface area contributed by atoms with Crippen molar-refractivity contribution in [3.63, 3.8) is 0 Å². The lowest BCUT2D eigenvalue weighted by Gasteiger charge is -2.35. The molecule has 0 radical (unpaired) electrons. The van der Waals surface area contributed by atoms with E-state index in [0.29, 0.717) is 124 Å². The molecule has 4 aromatic carbocycles. The van der Waals surface area contributed by atoms with Gasteiger partial charge in [-0.2, -0.15) is 5.10 Å². The lowest BCUT2D eigenvalue weighted by atomic mass is 10.1. The van der Waals surface area contributed by atoms with Gasteiger partial charge in [0.1, 0.15) is 46.4 Å². The number of hydrogen-bond donors (Lipinski definition) is 0. The topological polar surface area (TPSA) is 211 Å². The number of hydrogen-bond acceptors (Lipinski definition) is 14. The number of benzene rings is 4. The van der Waals surface area contributed by atoms with Crippen LogP contribution in [-0.2, 0) is 9.53 Å². The number of methoxy groups -OCH3 is 1. The Bertz CT molecular complexity index is 4880. The third-order valence-corrected chi connectivity index (χ3v) is 16.0. The molecule has 2 aliphatic heterocycles. The molecule has 11 aromatic rings. The molecule has 0 saturated carbocycles. The van der Waals surface area contributed by atoms with Crippen molar-refractivity contribution in [2.75, 3.05) is 56.2 Å². The first kappa shape index (κ1) is 66.0. The standard InChI is InChI=1S/C19H15FN4O.C18H21FN4O2.C17H20FN3O2.C15H13FN4O/c1-12-7-19(25)24(13(2)22-12)15-5-6-17(18(20)8-15)14-3-4-16-9-21-11-23(16)10-14;1-12-10-18(25)23(13(2)20-12)15-4-5-17(16(19)11-15)22-8-6-21(7-9-22)14(3)24;1-11-8-17(22)21(12(2)19-11)13-4-5-16(15(18)9-13)20-7-6-14(10-20)23-3;1-10-8-15(21)20(11(2)18-10)12-4-5-14(13(16)9-12)19-7-3-6-17-19/h3-11H,1-2H3;4-5,10-11H,6-9H2,1-3H3;4-5,8-9,14H,6-7,10H2,1-3H3;3-9H,1-2H3. The highest BCUT2D eigenvalue weighted by molar-refractivity contribution is 5.73. The lowest BCUT2D eigenvalue weighted by Crippen LogP contribution is -2.48. The van der Waals surface area contributed by atoms with E-state index in [1.54, 1.807) is 154 Å². The minimum absolute atomic E-state index is 0.0391. The molecule has 2 fully saturated rings. The van der Waals surface area contributed by atoms with E-state index in [1.807, 2.05) is 32.5 Å². The predicted molar refractivity (Wildman–Crippen MR) is 350 cm³/mol. The van der Waals surface area contributed by atoms with Crippen LogP contribution < -0.4 is 32.0 Å². The normalized spacial score (nSPS) is 13.6. The van der Waals surface area contributed by atoms with Crippen LogP contribution in [-0.4, -0.2) is 121 Å². The van der Waals surface area contributed by atoms with Gasteiger partial charge in [-0.15, -0.1) is 0 Å². The zero-order valence-electron chi connectivity index (χ0n) is 53.6. The van der Waals surface area contributed by atoms with Crippen molar-refractivity contribution in [1.82, 2.24) is 62.3 Å².